The molecule has 106 valence electrons. The summed E-state index contributed by atoms with van der Waals surface area (Å²) in [5.74, 6) is 0.113. The van der Waals surface area contributed by atoms with Gasteiger partial charge in [-0.05, 0) is 36.3 Å². The first-order valence-corrected chi connectivity index (χ1v) is 7.24. The van der Waals surface area contributed by atoms with Crippen LogP contribution in [0.5, 0.6) is 0 Å². The third-order valence-electron chi connectivity index (χ3n) is 3.83. The molecule has 3 nitrogen and oxygen atoms in total. The first-order valence-electron chi connectivity index (χ1n) is 7.24. The average Bonchev–Trinajstić information content (AvgIpc) is 2.72. The lowest BCUT2D eigenvalue weighted by Crippen LogP contribution is -2.22. The van der Waals surface area contributed by atoms with E-state index >= 15 is 0 Å². The van der Waals surface area contributed by atoms with Crippen LogP contribution in [0.1, 0.15) is 43.4 Å². The molecule has 0 bridgehead atoms. The van der Waals surface area contributed by atoms with Crippen molar-refractivity contribution in [1.29, 1.82) is 0 Å². The number of rotatable bonds is 7. The minimum Gasteiger partial charge on any atom is -0.391 e. The van der Waals surface area contributed by atoms with Crippen molar-refractivity contribution in [3.05, 3.63) is 35.4 Å². The Hall–Kier alpha value is -0.900. The third kappa shape index (κ3) is 3.78. The van der Waals surface area contributed by atoms with Gasteiger partial charge in [0.05, 0.1) is 18.8 Å². The first kappa shape index (κ1) is 14.5. The van der Waals surface area contributed by atoms with E-state index < -0.39 is 12.2 Å². The predicted molar refractivity (Wildman–Crippen MR) is 74.9 cm³/mol. The van der Waals surface area contributed by atoms with Gasteiger partial charge in [-0.2, -0.15) is 0 Å². The molecular weight excluding hydrogens is 240 g/mol. The molecule has 1 aliphatic rings. The van der Waals surface area contributed by atoms with E-state index in [1.807, 2.05) is 18.2 Å². The van der Waals surface area contributed by atoms with E-state index in [1.54, 1.807) is 0 Å². The second-order valence-electron chi connectivity index (χ2n) is 5.43. The molecule has 0 radical (unpaired) electrons. The SMILES string of the molecule is CCCCOCC(O)CC1Cc2ccccc2C1O. The Balaban J connectivity index is 1.78. The van der Waals surface area contributed by atoms with Crippen LogP contribution in [0, 0.1) is 5.92 Å². The molecule has 1 aliphatic carbocycles. The van der Waals surface area contributed by atoms with Gasteiger partial charge >= 0.3 is 0 Å². The number of hydrogen-bond acceptors (Lipinski definition) is 3. The zero-order valence-corrected chi connectivity index (χ0v) is 11.6. The highest BCUT2D eigenvalue weighted by Crippen LogP contribution is 2.38. The van der Waals surface area contributed by atoms with Gasteiger partial charge in [0.15, 0.2) is 0 Å². The normalized spacial score (nSPS) is 23.3. The molecule has 2 N–H and O–H groups in total. The van der Waals surface area contributed by atoms with Crippen molar-refractivity contribution in [2.24, 2.45) is 5.92 Å². The maximum Gasteiger partial charge on any atom is 0.0825 e. The maximum atomic E-state index is 10.2. The Morgan fingerprint density at radius 1 is 1.37 bits per heavy atom. The monoisotopic (exact) mass is 264 g/mol. The summed E-state index contributed by atoms with van der Waals surface area (Å²) in [7, 11) is 0. The van der Waals surface area contributed by atoms with Gasteiger partial charge in [-0.15, -0.1) is 0 Å². The van der Waals surface area contributed by atoms with Crippen LogP contribution >= 0.6 is 0 Å². The van der Waals surface area contributed by atoms with Gasteiger partial charge in [0.1, 0.15) is 0 Å². The topological polar surface area (TPSA) is 49.7 Å². The van der Waals surface area contributed by atoms with Gasteiger partial charge in [0, 0.05) is 6.61 Å². The van der Waals surface area contributed by atoms with Gasteiger partial charge in [0.25, 0.3) is 0 Å². The van der Waals surface area contributed by atoms with Crippen molar-refractivity contribution >= 4 is 0 Å². The average molecular weight is 264 g/mol. The highest BCUT2D eigenvalue weighted by atomic mass is 16.5. The summed E-state index contributed by atoms with van der Waals surface area (Å²) in [6.07, 6.45) is 2.66. The Morgan fingerprint density at radius 2 is 2.16 bits per heavy atom. The fourth-order valence-corrected chi connectivity index (χ4v) is 2.75. The molecule has 0 heterocycles. The van der Waals surface area contributed by atoms with Gasteiger partial charge in [-0.25, -0.2) is 0 Å². The quantitative estimate of drug-likeness (QED) is 0.744. The zero-order chi connectivity index (χ0) is 13.7. The fraction of sp³-hybridized carbons (Fsp3) is 0.625. The molecule has 0 aromatic heterocycles. The highest BCUT2D eigenvalue weighted by Gasteiger charge is 2.31. The van der Waals surface area contributed by atoms with E-state index in [1.165, 1.54) is 5.56 Å². The van der Waals surface area contributed by atoms with Crippen LogP contribution in [0.3, 0.4) is 0 Å². The lowest BCUT2D eigenvalue weighted by Gasteiger charge is -2.19. The van der Waals surface area contributed by atoms with Crippen molar-refractivity contribution in [3.8, 4) is 0 Å². The Labute approximate surface area is 115 Å². The number of aliphatic hydroxyl groups is 2. The summed E-state index contributed by atoms with van der Waals surface area (Å²) in [5.41, 5.74) is 2.23. The molecule has 3 unspecified atom stereocenters. The minimum absolute atomic E-state index is 0.113. The van der Waals surface area contributed by atoms with Crippen molar-refractivity contribution in [2.75, 3.05) is 13.2 Å². The molecule has 0 saturated heterocycles. The molecule has 2 rings (SSSR count). The van der Waals surface area contributed by atoms with Crippen molar-refractivity contribution in [3.63, 3.8) is 0 Å². The van der Waals surface area contributed by atoms with Crippen LogP contribution in [0.4, 0.5) is 0 Å². The van der Waals surface area contributed by atoms with Crippen LogP contribution in [-0.4, -0.2) is 29.5 Å². The smallest absolute Gasteiger partial charge is 0.0825 e. The van der Waals surface area contributed by atoms with E-state index in [0.717, 1.165) is 24.8 Å². The lowest BCUT2D eigenvalue weighted by atomic mass is 9.96. The predicted octanol–water partition coefficient (Wildman–Crippen LogP) is 2.46. The van der Waals surface area contributed by atoms with Crippen molar-refractivity contribution in [1.82, 2.24) is 0 Å². The molecule has 0 spiro atoms. The maximum absolute atomic E-state index is 10.2. The molecule has 3 atom stereocenters. The molecule has 0 aliphatic heterocycles. The molecule has 0 saturated carbocycles. The highest BCUT2D eigenvalue weighted by molar-refractivity contribution is 5.34. The van der Waals surface area contributed by atoms with Crippen LogP contribution in [0.25, 0.3) is 0 Å². The molecule has 1 aromatic rings. The molecule has 0 fully saturated rings. The number of unbranched alkanes of at least 4 members (excludes halogenated alkanes) is 1. The van der Waals surface area contributed by atoms with Gasteiger partial charge < -0.3 is 14.9 Å². The van der Waals surface area contributed by atoms with Crippen molar-refractivity contribution < 1.29 is 14.9 Å². The molecule has 19 heavy (non-hydrogen) atoms. The summed E-state index contributed by atoms with van der Waals surface area (Å²) in [4.78, 5) is 0. The van der Waals surface area contributed by atoms with Gasteiger partial charge in [-0.1, -0.05) is 37.6 Å². The number of fused-ring (bicyclic) bond motifs is 1. The van der Waals surface area contributed by atoms with Gasteiger partial charge in [0.2, 0.25) is 0 Å². The zero-order valence-electron chi connectivity index (χ0n) is 11.6. The van der Waals surface area contributed by atoms with Crippen LogP contribution in [0.2, 0.25) is 0 Å². The largest absolute Gasteiger partial charge is 0.391 e. The van der Waals surface area contributed by atoms with Gasteiger partial charge in [-0.3, -0.25) is 0 Å². The summed E-state index contributed by atoms with van der Waals surface area (Å²) in [6.45, 7) is 3.20. The Kier molecular flexibility index (Phi) is 5.37. The fourth-order valence-electron chi connectivity index (χ4n) is 2.75. The summed E-state index contributed by atoms with van der Waals surface area (Å²) in [6, 6.07) is 7.99. The molecule has 3 heteroatoms. The third-order valence-corrected chi connectivity index (χ3v) is 3.83. The van der Waals surface area contributed by atoms with Crippen molar-refractivity contribution in [2.45, 2.75) is 44.8 Å². The number of benzene rings is 1. The molecule has 0 amide bonds. The number of hydrogen-bond donors (Lipinski definition) is 2. The summed E-state index contributed by atoms with van der Waals surface area (Å²) in [5, 5.41) is 20.2. The second kappa shape index (κ2) is 7.04. The first-order chi connectivity index (χ1) is 9.22. The van der Waals surface area contributed by atoms with E-state index in [9.17, 15) is 10.2 Å². The van der Waals surface area contributed by atoms with E-state index in [2.05, 4.69) is 13.0 Å². The Bertz CT molecular complexity index is 391. The van der Waals surface area contributed by atoms with Crippen LogP contribution in [0.15, 0.2) is 24.3 Å². The minimum atomic E-state index is -0.481. The van der Waals surface area contributed by atoms with Crippen LogP contribution < -0.4 is 0 Å². The summed E-state index contributed by atoms with van der Waals surface area (Å²) >= 11 is 0. The molecular formula is C16H24O3. The van der Waals surface area contributed by atoms with E-state index in [4.69, 9.17) is 4.74 Å². The second-order valence-corrected chi connectivity index (χ2v) is 5.43. The number of aliphatic hydroxyl groups excluding tert-OH is 2. The Morgan fingerprint density at radius 3 is 2.89 bits per heavy atom. The number of ether oxygens (including phenoxy) is 1. The summed E-state index contributed by atoms with van der Waals surface area (Å²) < 4.78 is 5.43. The van der Waals surface area contributed by atoms with E-state index in [0.29, 0.717) is 19.6 Å². The standard InChI is InChI=1S/C16H24O3/c1-2-3-8-19-11-14(17)10-13-9-12-6-4-5-7-15(12)16(13)18/h4-7,13-14,16-18H,2-3,8-11H2,1H3. The van der Waals surface area contributed by atoms with Crippen LogP contribution in [-0.2, 0) is 11.2 Å². The molecule has 1 aromatic carbocycles. The lowest BCUT2D eigenvalue weighted by molar-refractivity contribution is 0.00752. The van der Waals surface area contributed by atoms with E-state index in [-0.39, 0.29) is 5.92 Å².